The minimum absolute atomic E-state index is 0.0689. The van der Waals surface area contributed by atoms with Gasteiger partial charge in [-0.3, -0.25) is 4.79 Å². The number of rotatable bonds is 6. The SMILES string of the molecule is CNCCc1ccccc1C(=O)NC(C)c1ccco1. The number of hydrogen-bond donors (Lipinski definition) is 2. The Labute approximate surface area is 119 Å². The normalized spacial score (nSPS) is 12.1. The van der Waals surface area contributed by atoms with Gasteiger partial charge in [0.1, 0.15) is 5.76 Å². The maximum atomic E-state index is 12.4. The van der Waals surface area contributed by atoms with E-state index in [4.69, 9.17) is 4.42 Å². The summed E-state index contributed by atoms with van der Waals surface area (Å²) in [6, 6.07) is 11.2. The fourth-order valence-corrected chi connectivity index (χ4v) is 2.10. The zero-order valence-electron chi connectivity index (χ0n) is 11.8. The molecule has 0 spiro atoms. The molecule has 4 heteroatoms. The predicted molar refractivity (Wildman–Crippen MR) is 78.7 cm³/mol. The van der Waals surface area contributed by atoms with E-state index in [1.807, 2.05) is 50.4 Å². The summed E-state index contributed by atoms with van der Waals surface area (Å²) in [6.07, 6.45) is 2.44. The summed E-state index contributed by atoms with van der Waals surface area (Å²) < 4.78 is 5.30. The number of benzene rings is 1. The van der Waals surface area contributed by atoms with E-state index in [9.17, 15) is 4.79 Å². The van der Waals surface area contributed by atoms with Crippen molar-refractivity contribution >= 4 is 5.91 Å². The van der Waals surface area contributed by atoms with Gasteiger partial charge < -0.3 is 15.1 Å². The zero-order chi connectivity index (χ0) is 14.4. The van der Waals surface area contributed by atoms with Gasteiger partial charge >= 0.3 is 0 Å². The van der Waals surface area contributed by atoms with Crippen LogP contribution in [0, 0.1) is 0 Å². The lowest BCUT2D eigenvalue weighted by molar-refractivity contribution is 0.0934. The monoisotopic (exact) mass is 272 g/mol. The van der Waals surface area contributed by atoms with E-state index in [2.05, 4.69) is 10.6 Å². The maximum Gasteiger partial charge on any atom is 0.252 e. The standard InChI is InChI=1S/C16H20N2O2/c1-12(15-8-5-11-20-15)18-16(19)14-7-4-3-6-13(14)9-10-17-2/h3-8,11-12,17H,9-10H2,1-2H3,(H,18,19). The molecule has 106 valence electrons. The molecule has 0 radical (unpaired) electrons. The average Bonchev–Trinajstić information content (AvgIpc) is 2.99. The molecule has 20 heavy (non-hydrogen) atoms. The molecule has 0 fully saturated rings. The number of hydrogen-bond acceptors (Lipinski definition) is 3. The lowest BCUT2D eigenvalue weighted by Crippen LogP contribution is -2.27. The van der Waals surface area contributed by atoms with Crippen molar-refractivity contribution in [2.24, 2.45) is 0 Å². The molecule has 2 rings (SSSR count). The van der Waals surface area contributed by atoms with Crippen LogP contribution in [0.3, 0.4) is 0 Å². The third kappa shape index (κ3) is 3.48. The maximum absolute atomic E-state index is 12.4. The minimum atomic E-state index is -0.144. The van der Waals surface area contributed by atoms with E-state index in [0.29, 0.717) is 0 Å². The quantitative estimate of drug-likeness (QED) is 0.849. The molecule has 1 atom stereocenters. The molecule has 0 aliphatic rings. The molecule has 2 N–H and O–H groups in total. The third-order valence-electron chi connectivity index (χ3n) is 3.22. The molecule has 0 aliphatic heterocycles. The van der Waals surface area contributed by atoms with E-state index in [1.54, 1.807) is 6.26 Å². The van der Waals surface area contributed by atoms with Gasteiger partial charge in [-0.2, -0.15) is 0 Å². The number of carbonyl (C=O) groups is 1. The molecule has 1 unspecified atom stereocenters. The largest absolute Gasteiger partial charge is 0.467 e. The molecule has 1 aromatic carbocycles. The highest BCUT2D eigenvalue weighted by Crippen LogP contribution is 2.15. The van der Waals surface area contributed by atoms with E-state index >= 15 is 0 Å². The second-order valence-corrected chi connectivity index (χ2v) is 4.72. The van der Waals surface area contributed by atoms with Crippen molar-refractivity contribution in [3.05, 3.63) is 59.5 Å². The summed E-state index contributed by atoms with van der Waals surface area (Å²) in [5, 5.41) is 6.06. The Morgan fingerprint density at radius 2 is 2.05 bits per heavy atom. The Morgan fingerprint density at radius 3 is 2.75 bits per heavy atom. The van der Waals surface area contributed by atoms with Crippen molar-refractivity contribution in [2.45, 2.75) is 19.4 Å². The highest BCUT2D eigenvalue weighted by molar-refractivity contribution is 5.95. The van der Waals surface area contributed by atoms with Crippen LogP contribution in [-0.4, -0.2) is 19.5 Å². The smallest absolute Gasteiger partial charge is 0.252 e. The van der Waals surface area contributed by atoms with E-state index in [1.165, 1.54) is 0 Å². The van der Waals surface area contributed by atoms with Gasteiger partial charge in [0.15, 0.2) is 0 Å². The van der Waals surface area contributed by atoms with Gasteiger partial charge in [0.2, 0.25) is 0 Å². The summed E-state index contributed by atoms with van der Waals surface area (Å²) in [7, 11) is 1.90. The average molecular weight is 272 g/mol. The molecule has 1 heterocycles. The predicted octanol–water partition coefficient (Wildman–Crippen LogP) is 2.53. The van der Waals surface area contributed by atoms with Crippen LogP contribution in [0.1, 0.15) is 34.6 Å². The van der Waals surface area contributed by atoms with E-state index in [-0.39, 0.29) is 11.9 Å². The van der Waals surface area contributed by atoms with E-state index < -0.39 is 0 Å². The second kappa shape index (κ2) is 6.91. The second-order valence-electron chi connectivity index (χ2n) is 4.72. The van der Waals surface area contributed by atoms with Crippen molar-refractivity contribution in [3.63, 3.8) is 0 Å². The first kappa shape index (κ1) is 14.3. The van der Waals surface area contributed by atoms with Crippen molar-refractivity contribution in [3.8, 4) is 0 Å². The molecule has 0 saturated carbocycles. The molecular weight excluding hydrogens is 252 g/mol. The molecule has 0 aliphatic carbocycles. The highest BCUT2D eigenvalue weighted by Gasteiger charge is 2.15. The number of amides is 1. The number of furan rings is 1. The molecule has 1 amide bonds. The van der Waals surface area contributed by atoms with Gasteiger partial charge in [0, 0.05) is 5.56 Å². The van der Waals surface area contributed by atoms with Gasteiger partial charge in [0.05, 0.1) is 12.3 Å². The Morgan fingerprint density at radius 1 is 1.25 bits per heavy atom. The molecular formula is C16H20N2O2. The van der Waals surface area contributed by atoms with Crippen molar-refractivity contribution in [1.29, 1.82) is 0 Å². The Kier molecular flexibility index (Phi) is 4.96. The minimum Gasteiger partial charge on any atom is -0.467 e. The van der Waals surface area contributed by atoms with Crippen molar-refractivity contribution in [2.75, 3.05) is 13.6 Å². The van der Waals surface area contributed by atoms with Crippen LogP contribution in [0.15, 0.2) is 47.1 Å². The number of carbonyl (C=O) groups excluding carboxylic acids is 1. The Hall–Kier alpha value is -2.07. The van der Waals surface area contributed by atoms with Gasteiger partial charge in [-0.1, -0.05) is 18.2 Å². The van der Waals surface area contributed by atoms with Crippen LogP contribution in [0.5, 0.6) is 0 Å². The molecule has 1 aromatic heterocycles. The lowest BCUT2D eigenvalue weighted by Gasteiger charge is -2.14. The van der Waals surface area contributed by atoms with Gasteiger partial charge in [-0.05, 0) is 50.7 Å². The Bertz CT molecular complexity index is 549. The molecule has 4 nitrogen and oxygen atoms in total. The lowest BCUT2D eigenvalue weighted by atomic mass is 10.0. The first-order valence-electron chi connectivity index (χ1n) is 6.79. The van der Waals surface area contributed by atoms with Crippen LogP contribution in [0.2, 0.25) is 0 Å². The molecule has 2 aromatic rings. The highest BCUT2D eigenvalue weighted by atomic mass is 16.3. The van der Waals surface area contributed by atoms with Crippen LogP contribution >= 0.6 is 0 Å². The van der Waals surface area contributed by atoms with Gasteiger partial charge in [0.25, 0.3) is 5.91 Å². The topological polar surface area (TPSA) is 54.3 Å². The summed E-state index contributed by atoms with van der Waals surface area (Å²) in [5.41, 5.74) is 1.77. The van der Waals surface area contributed by atoms with Gasteiger partial charge in [-0.15, -0.1) is 0 Å². The number of nitrogens with one attached hydrogen (secondary N) is 2. The van der Waals surface area contributed by atoms with Crippen LogP contribution in [-0.2, 0) is 6.42 Å². The van der Waals surface area contributed by atoms with Crippen LogP contribution < -0.4 is 10.6 Å². The van der Waals surface area contributed by atoms with Crippen LogP contribution in [0.25, 0.3) is 0 Å². The molecule has 0 saturated heterocycles. The Balaban J connectivity index is 2.09. The summed E-state index contributed by atoms with van der Waals surface area (Å²) in [4.78, 5) is 12.4. The summed E-state index contributed by atoms with van der Waals surface area (Å²) in [5.74, 6) is 0.687. The first-order valence-corrected chi connectivity index (χ1v) is 6.79. The van der Waals surface area contributed by atoms with Crippen molar-refractivity contribution in [1.82, 2.24) is 10.6 Å². The summed E-state index contributed by atoms with van der Waals surface area (Å²) in [6.45, 7) is 2.75. The molecule has 0 bridgehead atoms. The van der Waals surface area contributed by atoms with Gasteiger partial charge in [-0.25, -0.2) is 0 Å². The fraction of sp³-hybridized carbons (Fsp3) is 0.312. The third-order valence-corrected chi connectivity index (χ3v) is 3.22. The number of likely N-dealkylation sites (N-methyl/N-ethyl adjacent to an activating group) is 1. The fourth-order valence-electron chi connectivity index (χ4n) is 2.10. The summed E-state index contributed by atoms with van der Waals surface area (Å²) >= 11 is 0. The van der Waals surface area contributed by atoms with Crippen molar-refractivity contribution < 1.29 is 9.21 Å². The first-order chi connectivity index (χ1) is 9.72. The van der Waals surface area contributed by atoms with Crippen LogP contribution in [0.4, 0.5) is 0 Å². The zero-order valence-corrected chi connectivity index (χ0v) is 11.8. The van der Waals surface area contributed by atoms with E-state index in [0.717, 1.165) is 29.9 Å².